The van der Waals surface area contributed by atoms with E-state index in [0.717, 1.165) is 5.56 Å². The molecule has 0 aliphatic carbocycles. The molecule has 1 aliphatic heterocycles. The smallest absolute Gasteiger partial charge is 0.275 e. The van der Waals surface area contributed by atoms with E-state index in [1.54, 1.807) is 18.2 Å². The molecule has 2 aromatic carbocycles. The van der Waals surface area contributed by atoms with Crippen molar-refractivity contribution in [3.05, 3.63) is 77.2 Å². The highest BCUT2D eigenvalue weighted by Gasteiger charge is 2.20. The highest BCUT2D eigenvalue weighted by molar-refractivity contribution is 6.19. The van der Waals surface area contributed by atoms with Gasteiger partial charge in [-0.1, -0.05) is 30.3 Å². The van der Waals surface area contributed by atoms with Crippen molar-refractivity contribution in [1.82, 2.24) is 5.32 Å². The van der Waals surface area contributed by atoms with Crippen LogP contribution in [0.4, 0.5) is 4.39 Å². The fourth-order valence-corrected chi connectivity index (χ4v) is 1.92. The lowest BCUT2D eigenvalue weighted by molar-refractivity contribution is -0.115. The van der Waals surface area contributed by atoms with Gasteiger partial charge in [0, 0.05) is 5.56 Å². The minimum absolute atomic E-state index is 0.256. The van der Waals surface area contributed by atoms with Crippen LogP contribution in [-0.4, -0.2) is 11.7 Å². The number of nitrogens with zero attached hydrogens (tertiary/aromatic N) is 1. The van der Waals surface area contributed by atoms with E-state index >= 15 is 0 Å². The number of carbonyl (C=O) groups excluding carboxylic acids is 1. The first-order chi connectivity index (χ1) is 9.72. The summed E-state index contributed by atoms with van der Waals surface area (Å²) in [6.07, 6.45) is 1.71. The zero-order chi connectivity index (χ0) is 13.9. The fraction of sp³-hybridized carbons (Fsp3) is 0. The molecule has 0 saturated heterocycles. The Morgan fingerprint density at radius 2 is 1.70 bits per heavy atom. The zero-order valence-electron chi connectivity index (χ0n) is 10.5. The second-order valence-corrected chi connectivity index (χ2v) is 4.36. The van der Waals surface area contributed by atoms with Crippen molar-refractivity contribution in [3.63, 3.8) is 0 Å². The Bertz CT molecular complexity index is 703. The van der Waals surface area contributed by atoms with E-state index in [-0.39, 0.29) is 11.7 Å². The molecule has 0 unspecified atom stereocenters. The largest absolute Gasteiger partial charge is 0.305 e. The van der Waals surface area contributed by atoms with Crippen molar-refractivity contribution in [3.8, 4) is 0 Å². The van der Waals surface area contributed by atoms with E-state index in [1.807, 2.05) is 30.3 Å². The molecule has 20 heavy (non-hydrogen) atoms. The van der Waals surface area contributed by atoms with E-state index in [4.69, 9.17) is 0 Å². The summed E-state index contributed by atoms with van der Waals surface area (Å²) >= 11 is 0. The fourth-order valence-electron chi connectivity index (χ4n) is 1.92. The zero-order valence-corrected chi connectivity index (χ0v) is 10.5. The monoisotopic (exact) mass is 266 g/mol. The van der Waals surface area contributed by atoms with Crippen LogP contribution in [-0.2, 0) is 4.79 Å². The quantitative estimate of drug-likeness (QED) is 0.834. The van der Waals surface area contributed by atoms with E-state index < -0.39 is 0 Å². The lowest BCUT2D eigenvalue weighted by Crippen LogP contribution is -2.24. The van der Waals surface area contributed by atoms with E-state index in [9.17, 15) is 9.18 Å². The van der Waals surface area contributed by atoms with Gasteiger partial charge in [0.2, 0.25) is 0 Å². The maximum absolute atomic E-state index is 12.9. The first-order valence-electron chi connectivity index (χ1n) is 6.15. The minimum atomic E-state index is -0.321. The molecule has 3 rings (SSSR count). The minimum Gasteiger partial charge on any atom is -0.305 e. The summed E-state index contributed by atoms with van der Waals surface area (Å²) < 4.78 is 12.9. The standard InChI is InChI=1S/C16H11FN2O/c17-13-8-6-12(7-9-13)15-18-14(16(20)19-15)10-11-4-2-1-3-5-11/h1-10H,(H,18,19,20)/b14-10+. The molecule has 4 heteroatoms. The SMILES string of the molecule is O=C1NC(c2ccc(F)cc2)=N/C1=C/c1ccccc1. The molecule has 0 spiro atoms. The summed E-state index contributed by atoms with van der Waals surface area (Å²) in [7, 11) is 0. The Kier molecular flexibility index (Phi) is 3.13. The summed E-state index contributed by atoms with van der Waals surface area (Å²) in [6, 6.07) is 15.3. The average Bonchev–Trinajstić information content (AvgIpc) is 2.82. The molecule has 0 aromatic heterocycles. The summed E-state index contributed by atoms with van der Waals surface area (Å²) in [5.41, 5.74) is 1.92. The average molecular weight is 266 g/mol. The molecule has 1 amide bonds. The first kappa shape index (κ1) is 12.3. The second-order valence-electron chi connectivity index (χ2n) is 4.36. The van der Waals surface area contributed by atoms with Gasteiger partial charge in [-0.2, -0.15) is 0 Å². The van der Waals surface area contributed by atoms with Crippen molar-refractivity contribution < 1.29 is 9.18 Å². The van der Waals surface area contributed by atoms with Gasteiger partial charge in [-0.05, 0) is 35.9 Å². The van der Waals surface area contributed by atoms with Gasteiger partial charge in [-0.25, -0.2) is 9.38 Å². The van der Waals surface area contributed by atoms with E-state index in [0.29, 0.717) is 17.1 Å². The van der Waals surface area contributed by atoms with Gasteiger partial charge in [-0.3, -0.25) is 4.79 Å². The maximum Gasteiger partial charge on any atom is 0.275 e. The van der Waals surface area contributed by atoms with Gasteiger partial charge in [0.25, 0.3) is 5.91 Å². The van der Waals surface area contributed by atoms with E-state index in [1.165, 1.54) is 12.1 Å². The van der Waals surface area contributed by atoms with Crippen LogP contribution in [0.2, 0.25) is 0 Å². The third-order valence-corrected chi connectivity index (χ3v) is 2.92. The molecule has 1 heterocycles. The van der Waals surface area contributed by atoms with Crippen LogP contribution in [0, 0.1) is 5.82 Å². The summed E-state index contributed by atoms with van der Waals surface area (Å²) in [6.45, 7) is 0. The van der Waals surface area contributed by atoms with Gasteiger partial charge in [0.15, 0.2) is 0 Å². The summed E-state index contributed by atoms with van der Waals surface area (Å²) in [4.78, 5) is 16.1. The number of aliphatic imine (C=N–C) groups is 1. The Balaban J connectivity index is 1.93. The number of carbonyl (C=O) groups is 1. The number of hydrogen-bond donors (Lipinski definition) is 1. The normalized spacial score (nSPS) is 16.1. The van der Waals surface area contributed by atoms with Gasteiger partial charge >= 0.3 is 0 Å². The molecule has 0 fully saturated rings. The molecule has 0 saturated carbocycles. The van der Waals surface area contributed by atoms with Crippen molar-refractivity contribution in [2.24, 2.45) is 4.99 Å². The maximum atomic E-state index is 12.9. The van der Waals surface area contributed by atoms with Crippen molar-refractivity contribution >= 4 is 17.8 Å². The molecule has 0 atom stereocenters. The Morgan fingerprint density at radius 3 is 2.40 bits per heavy atom. The van der Waals surface area contributed by atoms with Crippen LogP contribution in [0.1, 0.15) is 11.1 Å². The lowest BCUT2D eigenvalue weighted by Gasteiger charge is -1.99. The third kappa shape index (κ3) is 2.49. The van der Waals surface area contributed by atoms with Crippen molar-refractivity contribution in [1.29, 1.82) is 0 Å². The molecule has 98 valence electrons. The first-order valence-corrected chi connectivity index (χ1v) is 6.15. The van der Waals surface area contributed by atoms with Gasteiger partial charge < -0.3 is 5.32 Å². The van der Waals surface area contributed by atoms with Crippen LogP contribution in [0.15, 0.2) is 65.3 Å². The number of amidine groups is 1. The Labute approximate surface area is 115 Å². The highest BCUT2D eigenvalue weighted by Crippen LogP contribution is 2.15. The Hall–Kier alpha value is -2.75. The van der Waals surface area contributed by atoms with Crippen LogP contribution < -0.4 is 5.32 Å². The summed E-state index contributed by atoms with van der Waals surface area (Å²) in [5, 5.41) is 2.68. The lowest BCUT2D eigenvalue weighted by atomic mass is 10.2. The molecule has 1 N–H and O–H groups in total. The van der Waals surface area contributed by atoms with Crippen LogP contribution in [0.25, 0.3) is 6.08 Å². The number of amides is 1. The van der Waals surface area contributed by atoms with E-state index in [2.05, 4.69) is 10.3 Å². The molecular formula is C16H11FN2O. The predicted molar refractivity (Wildman–Crippen MR) is 75.5 cm³/mol. The van der Waals surface area contributed by atoms with Crippen molar-refractivity contribution in [2.75, 3.05) is 0 Å². The van der Waals surface area contributed by atoms with Gasteiger partial charge in [-0.15, -0.1) is 0 Å². The van der Waals surface area contributed by atoms with Crippen molar-refractivity contribution in [2.45, 2.75) is 0 Å². The van der Waals surface area contributed by atoms with Crippen LogP contribution in [0.5, 0.6) is 0 Å². The molecule has 0 radical (unpaired) electrons. The van der Waals surface area contributed by atoms with Crippen LogP contribution in [0.3, 0.4) is 0 Å². The molecular weight excluding hydrogens is 255 g/mol. The third-order valence-electron chi connectivity index (χ3n) is 2.92. The number of benzene rings is 2. The second kappa shape index (κ2) is 5.09. The van der Waals surface area contributed by atoms with Gasteiger partial charge in [0.05, 0.1) is 0 Å². The Morgan fingerprint density at radius 1 is 1.00 bits per heavy atom. The summed E-state index contributed by atoms with van der Waals surface area (Å²) in [5.74, 6) is -0.135. The molecule has 1 aliphatic rings. The molecule has 2 aromatic rings. The topological polar surface area (TPSA) is 41.5 Å². The number of halogens is 1. The number of nitrogens with one attached hydrogen (secondary N) is 1. The van der Waals surface area contributed by atoms with Crippen LogP contribution >= 0.6 is 0 Å². The number of hydrogen-bond acceptors (Lipinski definition) is 2. The highest BCUT2D eigenvalue weighted by atomic mass is 19.1. The predicted octanol–water partition coefficient (Wildman–Crippen LogP) is 2.74. The number of rotatable bonds is 2. The molecule has 0 bridgehead atoms. The van der Waals surface area contributed by atoms with Gasteiger partial charge in [0.1, 0.15) is 17.3 Å². The molecule has 3 nitrogen and oxygen atoms in total.